The average molecular weight is 259 g/mol. The van der Waals surface area contributed by atoms with Gasteiger partial charge in [-0.15, -0.1) is 0 Å². The van der Waals surface area contributed by atoms with E-state index in [1.807, 2.05) is 41.1 Å². The van der Waals surface area contributed by atoms with E-state index in [4.69, 9.17) is 11.6 Å². The molecule has 0 aliphatic heterocycles. The van der Waals surface area contributed by atoms with Crippen molar-refractivity contribution in [1.82, 2.24) is 9.38 Å². The minimum Gasteiger partial charge on any atom is -0.508 e. The first-order valence-corrected chi connectivity index (χ1v) is 5.99. The highest BCUT2D eigenvalue weighted by atomic mass is 35.5. The Morgan fingerprint density at radius 3 is 2.94 bits per heavy atom. The molecule has 18 heavy (non-hydrogen) atoms. The number of phenolic OH excluding ortho intramolecular Hbond substituents is 1. The molecule has 0 saturated carbocycles. The van der Waals surface area contributed by atoms with Crippen molar-refractivity contribution in [3.63, 3.8) is 0 Å². The van der Waals surface area contributed by atoms with Crippen molar-refractivity contribution in [1.29, 1.82) is 0 Å². The lowest BCUT2D eigenvalue weighted by Gasteiger charge is -1.98. The van der Waals surface area contributed by atoms with Crippen molar-refractivity contribution in [3.8, 4) is 5.75 Å². The van der Waals surface area contributed by atoms with Crippen LogP contribution in [0.25, 0.3) is 5.65 Å². The zero-order valence-electron chi connectivity index (χ0n) is 9.55. The fourth-order valence-corrected chi connectivity index (χ4v) is 2.12. The van der Waals surface area contributed by atoms with Gasteiger partial charge in [0.05, 0.1) is 5.69 Å². The molecule has 1 aromatic carbocycles. The van der Waals surface area contributed by atoms with Gasteiger partial charge in [0.25, 0.3) is 0 Å². The van der Waals surface area contributed by atoms with Gasteiger partial charge in [-0.25, -0.2) is 4.98 Å². The first-order chi connectivity index (χ1) is 8.70. The highest BCUT2D eigenvalue weighted by Crippen LogP contribution is 2.17. The number of hydrogen-bond donors (Lipinski definition) is 1. The van der Waals surface area contributed by atoms with Gasteiger partial charge < -0.3 is 9.51 Å². The summed E-state index contributed by atoms with van der Waals surface area (Å²) in [5.41, 5.74) is 2.81. The maximum absolute atomic E-state index is 9.42. The van der Waals surface area contributed by atoms with Gasteiger partial charge in [0.1, 0.15) is 11.4 Å². The van der Waals surface area contributed by atoms with Gasteiger partial charge >= 0.3 is 0 Å². The second kappa shape index (κ2) is 4.35. The van der Waals surface area contributed by atoms with Gasteiger partial charge in [-0.3, -0.25) is 0 Å². The van der Waals surface area contributed by atoms with Crippen LogP contribution in [0.4, 0.5) is 0 Å². The van der Waals surface area contributed by atoms with Crippen LogP contribution in [0, 0.1) is 0 Å². The number of halogens is 1. The highest BCUT2D eigenvalue weighted by molar-refractivity contribution is 6.30. The number of aromatic nitrogens is 2. The standard InChI is InChI=1S/C14H11ClN2O/c15-11-4-5-17-9-12(16-14(17)8-11)6-10-2-1-3-13(18)7-10/h1-5,7-9,18H,6H2. The van der Waals surface area contributed by atoms with Gasteiger partial charge in [0.15, 0.2) is 0 Å². The third-order valence-corrected chi connectivity index (χ3v) is 3.00. The smallest absolute Gasteiger partial charge is 0.138 e. The first kappa shape index (κ1) is 11.1. The second-order valence-corrected chi connectivity index (χ2v) is 4.63. The summed E-state index contributed by atoms with van der Waals surface area (Å²) < 4.78 is 1.93. The summed E-state index contributed by atoms with van der Waals surface area (Å²) in [5.74, 6) is 0.277. The van der Waals surface area contributed by atoms with Crippen LogP contribution in [0.2, 0.25) is 5.02 Å². The molecule has 2 heterocycles. The maximum Gasteiger partial charge on any atom is 0.138 e. The summed E-state index contributed by atoms with van der Waals surface area (Å²) in [6, 6.07) is 10.9. The third-order valence-electron chi connectivity index (χ3n) is 2.77. The summed E-state index contributed by atoms with van der Waals surface area (Å²) >= 11 is 5.92. The predicted octanol–water partition coefficient (Wildman–Crippen LogP) is 3.28. The van der Waals surface area contributed by atoms with E-state index in [1.165, 1.54) is 0 Å². The Morgan fingerprint density at radius 2 is 2.11 bits per heavy atom. The van der Waals surface area contributed by atoms with Crippen LogP contribution in [0.1, 0.15) is 11.3 Å². The van der Waals surface area contributed by atoms with Gasteiger partial charge in [0, 0.05) is 23.8 Å². The van der Waals surface area contributed by atoms with Crippen LogP contribution in [-0.2, 0) is 6.42 Å². The van der Waals surface area contributed by atoms with Crippen LogP contribution in [-0.4, -0.2) is 14.5 Å². The molecule has 0 bridgehead atoms. The normalized spacial score (nSPS) is 10.9. The molecule has 3 rings (SSSR count). The zero-order chi connectivity index (χ0) is 12.5. The van der Waals surface area contributed by atoms with Crippen LogP contribution in [0.3, 0.4) is 0 Å². The number of rotatable bonds is 2. The minimum absolute atomic E-state index is 0.277. The number of hydrogen-bond acceptors (Lipinski definition) is 2. The molecule has 0 fully saturated rings. The molecular formula is C14H11ClN2O. The van der Waals surface area contributed by atoms with Gasteiger partial charge in [-0.2, -0.15) is 0 Å². The largest absolute Gasteiger partial charge is 0.508 e. The van der Waals surface area contributed by atoms with Crippen molar-refractivity contribution < 1.29 is 5.11 Å². The number of phenols is 1. The Labute approximate surface area is 109 Å². The number of pyridine rings is 1. The zero-order valence-corrected chi connectivity index (χ0v) is 10.3. The molecule has 0 atom stereocenters. The summed E-state index contributed by atoms with van der Waals surface area (Å²) in [5, 5.41) is 10.1. The molecule has 3 nitrogen and oxygen atoms in total. The summed E-state index contributed by atoms with van der Waals surface area (Å²) in [4.78, 5) is 4.50. The van der Waals surface area contributed by atoms with Gasteiger partial charge in [-0.05, 0) is 29.8 Å². The Balaban J connectivity index is 1.95. The number of aromatic hydroxyl groups is 1. The van der Waals surface area contributed by atoms with E-state index in [1.54, 1.807) is 12.1 Å². The molecule has 2 aromatic heterocycles. The Bertz CT molecular complexity index is 706. The predicted molar refractivity (Wildman–Crippen MR) is 71.1 cm³/mol. The van der Waals surface area contributed by atoms with Crippen LogP contribution in [0.15, 0.2) is 48.8 Å². The topological polar surface area (TPSA) is 37.5 Å². The lowest BCUT2D eigenvalue weighted by Crippen LogP contribution is -1.87. The lowest BCUT2D eigenvalue weighted by atomic mass is 10.1. The Morgan fingerprint density at radius 1 is 1.22 bits per heavy atom. The van der Waals surface area contributed by atoms with E-state index in [0.29, 0.717) is 11.4 Å². The molecule has 0 aliphatic rings. The van der Waals surface area contributed by atoms with E-state index in [0.717, 1.165) is 16.9 Å². The number of nitrogens with zero attached hydrogens (tertiary/aromatic N) is 2. The second-order valence-electron chi connectivity index (χ2n) is 4.19. The number of benzene rings is 1. The molecule has 3 aromatic rings. The molecule has 0 radical (unpaired) electrons. The Kier molecular flexibility index (Phi) is 2.68. The molecular weight excluding hydrogens is 248 g/mol. The molecule has 0 saturated heterocycles. The molecule has 0 amide bonds. The average Bonchev–Trinajstić information content (AvgIpc) is 2.70. The SMILES string of the molecule is Oc1cccc(Cc2cn3ccc(Cl)cc3n2)c1. The number of imidazole rings is 1. The molecule has 0 spiro atoms. The quantitative estimate of drug-likeness (QED) is 0.766. The minimum atomic E-state index is 0.277. The van der Waals surface area contributed by atoms with E-state index in [-0.39, 0.29) is 5.75 Å². The third kappa shape index (κ3) is 2.17. The summed E-state index contributed by atoms with van der Waals surface area (Å²) in [6.07, 6.45) is 4.54. The van der Waals surface area contributed by atoms with Crippen molar-refractivity contribution in [2.45, 2.75) is 6.42 Å². The molecule has 1 N–H and O–H groups in total. The molecule has 0 aliphatic carbocycles. The maximum atomic E-state index is 9.42. The fraction of sp³-hybridized carbons (Fsp3) is 0.0714. The van der Waals surface area contributed by atoms with Gasteiger partial charge in [-0.1, -0.05) is 23.7 Å². The van der Waals surface area contributed by atoms with E-state index in [9.17, 15) is 5.11 Å². The van der Waals surface area contributed by atoms with Crippen molar-refractivity contribution >= 4 is 17.2 Å². The monoisotopic (exact) mass is 258 g/mol. The van der Waals surface area contributed by atoms with Gasteiger partial charge in [0.2, 0.25) is 0 Å². The molecule has 4 heteroatoms. The van der Waals surface area contributed by atoms with Crippen molar-refractivity contribution in [2.75, 3.05) is 0 Å². The van der Waals surface area contributed by atoms with Crippen LogP contribution >= 0.6 is 11.6 Å². The summed E-state index contributed by atoms with van der Waals surface area (Å²) in [6.45, 7) is 0. The lowest BCUT2D eigenvalue weighted by molar-refractivity contribution is 0.474. The van der Waals surface area contributed by atoms with E-state index < -0.39 is 0 Å². The fourth-order valence-electron chi connectivity index (χ4n) is 1.97. The molecule has 90 valence electrons. The van der Waals surface area contributed by atoms with Crippen molar-refractivity contribution in [3.05, 3.63) is 65.1 Å². The van der Waals surface area contributed by atoms with Crippen molar-refractivity contribution in [2.24, 2.45) is 0 Å². The van der Waals surface area contributed by atoms with E-state index >= 15 is 0 Å². The van der Waals surface area contributed by atoms with Crippen LogP contribution < -0.4 is 0 Å². The molecule has 0 unspecified atom stereocenters. The first-order valence-electron chi connectivity index (χ1n) is 5.62. The Hall–Kier alpha value is -2.00. The summed E-state index contributed by atoms with van der Waals surface area (Å²) in [7, 11) is 0. The van der Waals surface area contributed by atoms with E-state index in [2.05, 4.69) is 4.98 Å². The highest BCUT2D eigenvalue weighted by Gasteiger charge is 2.04. The van der Waals surface area contributed by atoms with Crippen LogP contribution in [0.5, 0.6) is 5.75 Å². The number of fused-ring (bicyclic) bond motifs is 1.